The van der Waals surface area contributed by atoms with E-state index in [1.165, 1.54) is 0 Å². The van der Waals surface area contributed by atoms with Gasteiger partial charge in [-0.05, 0) is 18.2 Å². The molecule has 0 radical (unpaired) electrons. The Morgan fingerprint density at radius 2 is 2.11 bits per heavy atom. The van der Waals surface area contributed by atoms with Crippen LogP contribution in [0.4, 0.5) is 0 Å². The van der Waals surface area contributed by atoms with Crippen molar-refractivity contribution in [2.75, 3.05) is 12.9 Å². The van der Waals surface area contributed by atoms with Gasteiger partial charge in [0.2, 0.25) is 0 Å². The molecule has 1 aliphatic heterocycles. The highest BCUT2D eigenvalue weighted by atomic mass is 35.5. The van der Waals surface area contributed by atoms with Gasteiger partial charge in [-0.2, -0.15) is 23.5 Å². The zero-order valence-electron chi connectivity index (χ0n) is 11.4. The van der Waals surface area contributed by atoms with Crippen LogP contribution in [0.2, 0.25) is 5.02 Å². The molecule has 1 heterocycles. The normalized spacial score (nSPS) is 29.0. The Morgan fingerprint density at radius 3 is 2.74 bits per heavy atom. The molecule has 2 N–H and O–H groups in total. The molecular weight excluding hydrogens is 298 g/mol. The van der Waals surface area contributed by atoms with Crippen LogP contribution in [-0.2, 0) is 0 Å². The molecule has 1 aromatic carbocycles. The van der Waals surface area contributed by atoms with Gasteiger partial charge in [-0.25, -0.2) is 0 Å². The lowest BCUT2D eigenvalue weighted by atomic mass is 10.0. The van der Waals surface area contributed by atoms with Crippen molar-refractivity contribution in [2.24, 2.45) is 5.73 Å². The molecule has 4 unspecified atom stereocenters. The third-order valence-electron chi connectivity index (χ3n) is 3.53. The number of halogens is 1. The molecule has 1 saturated heterocycles. The summed E-state index contributed by atoms with van der Waals surface area (Å²) in [6.45, 7) is 4.56. The van der Waals surface area contributed by atoms with Crippen molar-refractivity contribution in [3.8, 4) is 5.75 Å². The summed E-state index contributed by atoms with van der Waals surface area (Å²) in [5.41, 5.74) is 7.46. The standard InChI is InChI=1S/C14H20ClNOS2/c1-8-9(2)19-13(7-18-8)14(16)11-6-10(15)4-5-12(11)17-3/h4-6,8-9,13-14H,7,16H2,1-3H3. The lowest BCUT2D eigenvalue weighted by Crippen LogP contribution is -2.34. The third-order valence-corrected chi connectivity index (χ3v) is 7.28. The molecule has 0 aromatic heterocycles. The monoisotopic (exact) mass is 317 g/mol. The minimum atomic E-state index is -0.0406. The van der Waals surface area contributed by atoms with Crippen LogP contribution in [0.1, 0.15) is 25.5 Å². The van der Waals surface area contributed by atoms with Gasteiger partial charge in [0.15, 0.2) is 0 Å². The number of benzene rings is 1. The molecule has 1 aromatic rings. The maximum absolute atomic E-state index is 6.45. The van der Waals surface area contributed by atoms with Crippen molar-refractivity contribution < 1.29 is 4.74 Å². The van der Waals surface area contributed by atoms with Crippen molar-refractivity contribution in [1.29, 1.82) is 0 Å². The average molecular weight is 318 g/mol. The predicted molar refractivity (Wildman–Crippen MR) is 87.7 cm³/mol. The summed E-state index contributed by atoms with van der Waals surface area (Å²) < 4.78 is 5.41. The van der Waals surface area contributed by atoms with Crippen molar-refractivity contribution >= 4 is 35.1 Å². The Balaban J connectivity index is 2.19. The van der Waals surface area contributed by atoms with Gasteiger partial charge in [0, 0.05) is 38.1 Å². The van der Waals surface area contributed by atoms with E-state index in [9.17, 15) is 0 Å². The molecule has 4 atom stereocenters. The van der Waals surface area contributed by atoms with Crippen LogP contribution < -0.4 is 10.5 Å². The first-order chi connectivity index (χ1) is 9.02. The van der Waals surface area contributed by atoms with Gasteiger partial charge in [0.25, 0.3) is 0 Å². The van der Waals surface area contributed by atoms with Crippen LogP contribution in [0.5, 0.6) is 5.75 Å². The Morgan fingerprint density at radius 1 is 1.37 bits per heavy atom. The van der Waals surface area contributed by atoms with Gasteiger partial charge in [0.05, 0.1) is 7.11 Å². The molecule has 0 saturated carbocycles. The zero-order valence-corrected chi connectivity index (χ0v) is 13.8. The summed E-state index contributed by atoms with van der Waals surface area (Å²) >= 11 is 10.1. The van der Waals surface area contributed by atoms with Crippen molar-refractivity contribution in [1.82, 2.24) is 0 Å². The molecule has 1 aliphatic rings. The molecule has 2 rings (SSSR count). The van der Waals surface area contributed by atoms with Crippen molar-refractivity contribution in [3.05, 3.63) is 28.8 Å². The van der Waals surface area contributed by atoms with Crippen molar-refractivity contribution in [3.63, 3.8) is 0 Å². The first-order valence-corrected chi connectivity index (χ1v) is 8.76. The fourth-order valence-corrected chi connectivity index (χ4v) is 5.38. The first-order valence-electron chi connectivity index (χ1n) is 6.39. The van der Waals surface area contributed by atoms with Gasteiger partial charge in [-0.15, -0.1) is 0 Å². The number of methoxy groups -OCH3 is 1. The van der Waals surface area contributed by atoms with Crippen LogP contribution in [0.3, 0.4) is 0 Å². The molecule has 5 heteroatoms. The topological polar surface area (TPSA) is 35.2 Å². The number of ether oxygens (including phenoxy) is 1. The fraction of sp³-hybridized carbons (Fsp3) is 0.571. The largest absolute Gasteiger partial charge is 0.496 e. The van der Waals surface area contributed by atoms with E-state index in [1.807, 2.05) is 41.7 Å². The molecule has 19 heavy (non-hydrogen) atoms. The molecular formula is C14H20ClNOS2. The Kier molecular flexibility index (Phi) is 5.35. The highest BCUT2D eigenvalue weighted by Crippen LogP contribution is 2.42. The van der Waals surface area contributed by atoms with Crippen LogP contribution in [0.15, 0.2) is 18.2 Å². The quantitative estimate of drug-likeness (QED) is 0.914. The van der Waals surface area contributed by atoms with E-state index in [4.69, 9.17) is 22.1 Å². The fourth-order valence-electron chi connectivity index (χ4n) is 2.16. The molecule has 2 nitrogen and oxygen atoms in total. The van der Waals surface area contributed by atoms with E-state index in [1.54, 1.807) is 7.11 Å². The van der Waals surface area contributed by atoms with E-state index in [0.717, 1.165) is 17.1 Å². The maximum Gasteiger partial charge on any atom is 0.123 e. The maximum atomic E-state index is 6.45. The van der Waals surface area contributed by atoms with Crippen molar-refractivity contribution in [2.45, 2.75) is 35.6 Å². The van der Waals surface area contributed by atoms with Gasteiger partial charge in [0.1, 0.15) is 5.75 Å². The van der Waals surface area contributed by atoms with Crippen LogP contribution in [-0.4, -0.2) is 28.6 Å². The second-order valence-corrected chi connectivity index (χ2v) is 8.30. The van der Waals surface area contributed by atoms with E-state index in [0.29, 0.717) is 20.8 Å². The van der Waals surface area contributed by atoms with Gasteiger partial charge < -0.3 is 10.5 Å². The molecule has 1 fully saturated rings. The smallest absolute Gasteiger partial charge is 0.123 e. The lowest BCUT2D eigenvalue weighted by Gasteiger charge is -2.35. The number of hydrogen-bond donors (Lipinski definition) is 1. The van der Waals surface area contributed by atoms with E-state index < -0.39 is 0 Å². The highest BCUT2D eigenvalue weighted by Gasteiger charge is 2.31. The summed E-state index contributed by atoms with van der Waals surface area (Å²) in [7, 11) is 1.67. The molecule has 0 aliphatic carbocycles. The summed E-state index contributed by atoms with van der Waals surface area (Å²) in [5, 5.41) is 2.43. The number of nitrogens with two attached hydrogens (primary N) is 1. The second kappa shape index (κ2) is 6.61. The van der Waals surface area contributed by atoms with Gasteiger partial charge in [-0.1, -0.05) is 25.4 Å². The molecule has 0 spiro atoms. The summed E-state index contributed by atoms with van der Waals surface area (Å²) in [6, 6.07) is 5.62. The first kappa shape index (κ1) is 15.4. The lowest BCUT2D eigenvalue weighted by molar-refractivity contribution is 0.405. The number of rotatable bonds is 3. The molecule has 0 amide bonds. The van der Waals surface area contributed by atoms with Gasteiger partial charge in [-0.3, -0.25) is 0 Å². The van der Waals surface area contributed by atoms with Crippen LogP contribution >= 0.6 is 35.1 Å². The summed E-state index contributed by atoms with van der Waals surface area (Å²) in [5.74, 6) is 1.90. The minimum Gasteiger partial charge on any atom is -0.496 e. The van der Waals surface area contributed by atoms with E-state index in [2.05, 4.69) is 13.8 Å². The zero-order chi connectivity index (χ0) is 14.0. The SMILES string of the molecule is COc1ccc(Cl)cc1C(N)C1CSC(C)C(C)S1. The highest BCUT2D eigenvalue weighted by molar-refractivity contribution is 8.07. The van der Waals surface area contributed by atoms with Gasteiger partial charge >= 0.3 is 0 Å². The Labute approximate surface area is 128 Å². The number of hydrogen-bond acceptors (Lipinski definition) is 4. The predicted octanol–water partition coefficient (Wildman–Crippen LogP) is 3.97. The summed E-state index contributed by atoms with van der Waals surface area (Å²) in [4.78, 5) is 0. The molecule has 0 bridgehead atoms. The van der Waals surface area contributed by atoms with E-state index in [-0.39, 0.29) is 6.04 Å². The van der Waals surface area contributed by atoms with Crippen LogP contribution in [0.25, 0.3) is 0 Å². The third kappa shape index (κ3) is 3.54. The average Bonchev–Trinajstić information content (AvgIpc) is 2.41. The Bertz CT molecular complexity index is 443. The molecule has 106 valence electrons. The second-order valence-electron chi connectivity index (χ2n) is 4.83. The van der Waals surface area contributed by atoms with E-state index >= 15 is 0 Å². The number of thioether (sulfide) groups is 2. The summed E-state index contributed by atoms with van der Waals surface area (Å²) in [6.07, 6.45) is 0. The Hall–Kier alpha value is -0.0300. The van der Waals surface area contributed by atoms with Crippen LogP contribution in [0, 0.1) is 0 Å². The minimum absolute atomic E-state index is 0.0406.